The molecule has 6 nitrogen and oxygen atoms in total. The Hall–Kier alpha value is -0.970. The van der Waals surface area contributed by atoms with E-state index in [-0.39, 0.29) is 22.5 Å². The third kappa shape index (κ3) is 2.16. The zero-order chi connectivity index (χ0) is 22.6. The fraction of sp³-hybridized carbons (Fsp3) is 0.609. The van der Waals surface area contributed by atoms with Crippen molar-refractivity contribution >= 4 is 38.5 Å². The number of carbonyl (C=O) groups excluding carboxylic acids is 1. The lowest BCUT2D eigenvalue weighted by Gasteiger charge is -2.64. The number of hydrogen-bond donors (Lipinski definition) is 0. The number of rotatable bonds is 4. The molecule has 1 spiro atoms. The first-order valence-electron chi connectivity index (χ1n) is 10.6. The van der Waals surface area contributed by atoms with Gasteiger partial charge in [0.2, 0.25) is 11.6 Å². The van der Waals surface area contributed by atoms with Gasteiger partial charge >= 0.3 is 10.1 Å². The monoisotopic (exact) mass is 558 g/mol. The molecule has 1 aliphatic heterocycles. The molecule has 31 heavy (non-hydrogen) atoms. The molecule has 4 bridgehead atoms. The topological polar surface area (TPSA) is 78.9 Å². The number of benzene rings is 1. The van der Waals surface area contributed by atoms with E-state index in [9.17, 15) is 13.2 Å². The average molecular weight is 558 g/mol. The van der Waals surface area contributed by atoms with Gasteiger partial charge in [-0.15, -0.1) is 0 Å². The zero-order valence-corrected chi connectivity index (χ0v) is 21.3. The van der Waals surface area contributed by atoms with Crippen molar-refractivity contribution in [3.05, 3.63) is 39.2 Å². The maximum atomic E-state index is 14.1. The number of ether oxygens (including phenoxy) is 2. The summed E-state index contributed by atoms with van der Waals surface area (Å²) in [6, 6.07) is 6.58. The molecular weight excluding hydrogens is 531 g/mol. The maximum Gasteiger partial charge on any atom is 0.338 e. The lowest BCUT2D eigenvalue weighted by Crippen LogP contribution is -2.73. The Kier molecular flexibility index (Phi) is 4.46. The molecule has 1 aromatic rings. The van der Waals surface area contributed by atoms with Gasteiger partial charge in [0, 0.05) is 16.1 Å². The van der Waals surface area contributed by atoms with Crippen LogP contribution in [0.4, 0.5) is 0 Å². The Bertz CT molecular complexity index is 1130. The van der Waals surface area contributed by atoms with Crippen LogP contribution in [-0.2, 0) is 28.6 Å². The number of ketones is 1. The van der Waals surface area contributed by atoms with Crippen LogP contribution >= 0.6 is 22.6 Å². The molecule has 0 aromatic heterocycles. The first-order chi connectivity index (χ1) is 14.4. The van der Waals surface area contributed by atoms with Crippen molar-refractivity contribution < 1.29 is 26.9 Å². The highest BCUT2D eigenvalue weighted by molar-refractivity contribution is 14.1. The minimum atomic E-state index is -4.10. The van der Waals surface area contributed by atoms with Gasteiger partial charge in [0.15, 0.2) is 0 Å². The third-order valence-corrected chi connectivity index (χ3v) is 11.5. The number of methoxy groups -OCH3 is 1. The molecular formula is C23H27IO6S. The van der Waals surface area contributed by atoms with Gasteiger partial charge in [0.25, 0.3) is 0 Å². The van der Waals surface area contributed by atoms with Crippen LogP contribution in [-0.4, -0.2) is 33.7 Å². The fourth-order valence-corrected chi connectivity index (χ4v) is 9.96. The Morgan fingerprint density at radius 3 is 2.42 bits per heavy atom. The molecule has 1 heterocycles. The molecule has 0 N–H and O–H groups in total. The van der Waals surface area contributed by atoms with Crippen LogP contribution in [0.15, 0.2) is 38.5 Å². The molecule has 8 heteroatoms. The summed E-state index contributed by atoms with van der Waals surface area (Å²) in [5.41, 5.74) is -1.44. The van der Waals surface area contributed by atoms with Crippen molar-refractivity contribution in [3.63, 3.8) is 0 Å². The highest BCUT2D eigenvalue weighted by Gasteiger charge is 2.88. The Morgan fingerprint density at radius 1 is 1.16 bits per heavy atom. The fourth-order valence-electron chi connectivity index (χ4n) is 6.97. The second kappa shape index (κ2) is 6.33. The first-order valence-corrected chi connectivity index (χ1v) is 13.1. The summed E-state index contributed by atoms with van der Waals surface area (Å²) in [7, 11) is -2.63. The van der Waals surface area contributed by atoms with E-state index in [2.05, 4.69) is 36.4 Å². The normalized spacial score (nSPS) is 43.5. The van der Waals surface area contributed by atoms with Crippen LogP contribution < -0.4 is 0 Å². The second-order valence-corrected chi connectivity index (χ2v) is 12.5. The molecule has 0 amide bonds. The molecule has 5 aliphatic rings. The van der Waals surface area contributed by atoms with E-state index in [0.717, 1.165) is 18.4 Å². The third-order valence-electron chi connectivity index (χ3n) is 8.84. The lowest BCUT2D eigenvalue weighted by atomic mass is 9.40. The zero-order valence-electron chi connectivity index (χ0n) is 18.3. The summed E-state index contributed by atoms with van der Waals surface area (Å²) in [5.74, 6) is -1.24. The summed E-state index contributed by atoms with van der Waals surface area (Å²) in [4.78, 5) is 14.2. The van der Waals surface area contributed by atoms with E-state index < -0.39 is 32.2 Å². The predicted molar refractivity (Wildman–Crippen MR) is 122 cm³/mol. The molecule has 1 aromatic carbocycles. The van der Waals surface area contributed by atoms with Crippen molar-refractivity contribution in [1.82, 2.24) is 0 Å². The Labute approximate surface area is 197 Å². The highest BCUT2D eigenvalue weighted by atomic mass is 127. The number of aryl methyl sites for hydroxylation is 1. The van der Waals surface area contributed by atoms with Gasteiger partial charge in [-0.2, -0.15) is 8.42 Å². The smallest absolute Gasteiger partial charge is 0.338 e. The molecule has 168 valence electrons. The van der Waals surface area contributed by atoms with Gasteiger partial charge in [-0.1, -0.05) is 31.5 Å². The van der Waals surface area contributed by atoms with Crippen molar-refractivity contribution in [1.29, 1.82) is 0 Å². The molecule has 6 rings (SSSR count). The van der Waals surface area contributed by atoms with Crippen molar-refractivity contribution in [2.45, 2.75) is 51.2 Å². The quantitative estimate of drug-likeness (QED) is 0.404. The van der Waals surface area contributed by atoms with E-state index in [4.69, 9.17) is 13.7 Å². The summed E-state index contributed by atoms with van der Waals surface area (Å²) >= 11 is 2.16. The van der Waals surface area contributed by atoms with E-state index in [1.54, 1.807) is 24.3 Å². The summed E-state index contributed by atoms with van der Waals surface area (Å²) in [6.07, 6.45) is 1.79. The average Bonchev–Trinajstić information content (AvgIpc) is 3.17. The van der Waals surface area contributed by atoms with Crippen LogP contribution in [0.3, 0.4) is 0 Å². The van der Waals surface area contributed by atoms with Crippen LogP contribution in [0, 0.1) is 35.0 Å². The van der Waals surface area contributed by atoms with Crippen molar-refractivity contribution in [2.75, 3.05) is 13.7 Å². The van der Waals surface area contributed by atoms with E-state index in [1.165, 1.54) is 7.11 Å². The molecule has 6 unspecified atom stereocenters. The van der Waals surface area contributed by atoms with Gasteiger partial charge in [0.05, 0.1) is 17.4 Å². The van der Waals surface area contributed by atoms with Gasteiger partial charge in [-0.3, -0.25) is 4.79 Å². The van der Waals surface area contributed by atoms with E-state index in [0.29, 0.717) is 15.9 Å². The minimum absolute atomic E-state index is 0.0398. The molecule has 4 aliphatic carbocycles. The highest BCUT2D eigenvalue weighted by Crippen LogP contribution is 2.81. The molecule has 1 saturated heterocycles. The van der Waals surface area contributed by atoms with Gasteiger partial charge in [-0.05, 0) is 73.2 Å². The summed E-state index contributed by atoms with van der Waals surface area (Å²) in [5, 5.41) is 0. The molecule has 2 saturated carbocycles. The molecule has 0 radical (unpaired) electrons. The standard InChI is InChI=1S/C23H27IO6S/c1-13-6-9-15(10-7-13)31(26,27)30-18-17(24)22-14(2)8-11-16(22)20(3)12-29-23(28-5,19(22)25)21(18,20)4/h6-7,9-10,14,16H,8,11-12H2,1-5H3. The van der Waals surface area contributed by atoms with Gasteiger partial charge in [-0.25, -0.2) is 0 Å². The summed E-state index contributed by atoms with van der Waals surface area (Å²) < 4.78 is 45.4. The van der Waals surface area contributed by atoms with Crippen molar-refractivity contribution in [2.24, 2.45) is 28.1 Å². The number of hydrogen-bond acceptors (Lipinski definition) is 6. The predicted octanol–water partition coefficient (Wildman–Crippen LogP) is 4.36. The molecule has 3 fully saturated rings. The largest absolute Gasteiger partial charge is 0.382 e. The van der Waals surface area contributed by atoms with Crippen LogP contribution in [0.25, 0.3) is 0 Å². The van der Waals surface area contributed by atoms with Crippen LogP contribution in [0.5, 0.6) is 0 Å². The molecule has 6 atom stereocenters. The number of Topliss-reactive ketones (excluding diaryl/α,β-unsaturated/α-hetero) is 1. The first kappa shape index (κ1) is 21.9. The van der Waals surface area contributed by atoms with E-state index in [1.807, 2.05) is 13.8 Å². The maximum absolute atomic E-state index is 14.1. The number of halogens is 1. The van der Waals surface area contributed by atoms with Crippen LogP contribution in [0.1, 0.15) is 39.2 Å². The SMILES string of the molecule is COC12OCC3(C)C4CCC(C)C4(C1=O)C(I)=C(OS(=O)(=O)c1ccc(C)cc1)C23C. The second-order valence-electron chi connectivity index (χ2n) is 9.87. The number of carbonyl (C=O) groups is 1. The van der Waals surface area contributed by atoms with Gasteiger partial charge in [0.1, 0.15) is 10.7 Å². The number of allylic oxidation sites excluding steroid dienone is 1. The lowest BCUT2D eigenvalue weighted by molar-refractivity contribution is -0.258. The van der Waals surface area contributed by atoms with Crippen molar-refractivity contribution in [3.8, 4) is 0 Å². The van der Waals surface area contributed by atoms with Crippen LogP contribution in [0.2, 0.25) is 0 Å². The summed E-state index contributed by atoms with van der Waals surface area (Å²) in [6.45, 7) is 8.27. The Balaban J connectivity index is 1.77. The minimum Gasteiger partial charge on any atom is -0.382 e. The Morgan fingerprint density at radius 2 is 1.81 bits per heavy atom. The van der Waals surface area contributed by atoms with Gasteiger partial charge < -0.3 is 13.7 Å². The van der Waals surface area contributed by atoms with E-state index >= 15 is 0 Å².